The Morgan fingerprint density at radius 2 is 2.22 bits per heavy atom. The molecule has 0 bridgehead atoms. The molecule has 0 saturated carbocycles. The van der Waals surface area contributed by atoms with E-state index < -0.39 is 5.97 Å². The van der Waals surface area contributed by atoms with Gasteiger partial charge >= 0.3 is 29.6 Å². The zero-order chi connectivity index (χ0) is 6.57. The third kappa shape index (κ3) is 5.89. The van der Waals surface area contributed by atoms with Crippen molar-refractivity contribution in [2.45, 2.75) is 6.92 Å². The van der Waals surface area contributed by atoms with Gasteiger partial charge in [0.25, 0.3) is 0 Å². The minimum atomic E-state index is -1.35. The number of aliphatic carboxylic acids is 1. The van der Waals surface area contributed by atoms with Gasteiger partial charge in [-0.25, -0.2) is 0 Å². The predicted molar refractivity (Wildman–Crippen MR) is 25.8 cm³/mol. The summed E-state index contributed by atoms with van der Waals surface area (Å²) >= 11 is 0. The van der Waals surface area contributed by atoms with Gasteiger partial charge in [-0.15, -0.1) is 0 Å². The summed E-state index contributed by atoms with van der Waals surface area (Å²) in [4.78, 5) is 9.75. The molecule has 0 saturated heterocycles. The van der Waals surface area contributed by atoms with E-state index in [0.717, 1.165) is 0 Å². The molecule has 0 aromatic carbocycles. The molecule has 0 aliphatic carbocycles. The van der Waals surface area contributed by atoms with Crippen LogP contribution in [0.4, 0.5) is 0 Å². The first-order valence-corrected chi connectivity index (χ1v) is 2.21. The maximum atomic E-state index is 9.75. The summed E-state index contributed by atoms with van der Waals surface area (Å²) in [6, 6.07) is 0. The van der Waals surface area contributed by atoms with E-state index in [1.165, 1.54) is 0 Å². The quantitative estimate of drug-likeness (QED) is 0.229. The fourth-order valence-electron chi connectivity index (χ4n) is 0.233. The predicted octanol–water partition coefficient (Wildman–Crippen LogP) is -3.71. The van der Waals surface area contributed by atoms with Crippen molar-refractivity contribution in [3.63, 3.8) is 0 Å². The minimum Gasteiger partial charge on any atom is -0.542 e. The fourth-order valence-corrected chi connectivity index (χ4v) is 0.233. The Morgan fingerprint density at radius 3 is 2.33 bits per heavy atom. The van der Waals surface area contributed by atoms with Gasteiger partial charge in [-0.1, -0.05) is 6.58 Å². The zero-order valence-electron chi connectivity index (χ0n) is 5.64. The molecule has 4 heteroatoms. The third-order valence-electron chi connectivity index (χ3n) is 0.546. The molecule has 0 aromatic heterocycles. The van der Waals surface area contributed by atoms with E-state index in [4.69, 9.17) is 0 Å². The Hall–Kier alpha value is 0.0100. The second-order valence-corrected chi connectivity index (χ2v) is 1.14. The van der Waals surface area contributed by atoms with Crippen molar-refractivity contribution < 1.29 is 44.2 Å². The Morgan fingerprint density at radius 1 is 1.78 bits per heavy atom. The smallest absolute Gasteiger partial charge is 0.542 e. The van der Waals surface area contributed by atoms with E-state index in [-0.39, 0.29) is 35.3 Å². The van der Waals surface area contributed by atoms with Crippen LogP contribution >= 0.6 is 0 Å². The average molecular weight is 138 g/mol. The summed E-state index contributed by atoms with van der Waals surface area (Å²) in [5, 5.41) is 9.75. The molecule has 0 fully saturated rings. The van der Waals surface area contributed by atoms with E-state index >= 15 is 0 Å². The summed E-state index contributed by atoms with van der Waals surface area (Å²) < 4.78 is 4.45. The van der Waals surface area contributed by atoms with Crippen LogP contribution in [0.25, 0.3) is 0 Å². The number of carboxylic acid groups (broad SMARTS) is 1. The third-order valence-corrected chi connectivity index (χ3v) is 0.546. The van der Waals surface area contributed by atoms with E-state index in [1.54, 1.807) is 6.92 Å². The van der Waals surface area contributed by atoms with Crippen molar-refractivity contribution in [3.8, 4) is 0 Å². The number of carbonyl (C=O) groups is 1. The van der Waals surface area contributed by atoms with Crippen LogP contribution in [-0.2, 0) is 9.53 Å². The van der Waals surface area contributed by atoms with Gasteiger partial charge in [-0.05, 0) is 6.92 Å². The number of hydrogen-bond acceptors (Lipinski definition) is 3. The molecular formula is C5H7NaO3. The number of carbonyl (C=O) groups excluding carboxylic acids is 1. The molecule has 0 spiro atoms. The van der Waals surface area contributed by atoms with E-state index in [9.17, 15) is 9.90 Å². The van der Waals surface area contributed by atoms with Crippen molar-refractivity contribution in [2.75, 3.05) is 6.61 Å². The Labute approximate surface area is 76.0 Å². The zero-order valence-corrected chi connectivity index (χ0v) is 7.64. The molecule has 0 aromatic rings. The normalized spacial score (nSPS) is 7.22. The van der Waals surface area contributed by atoms with E-state index in [0.29, 0.717) is 6.61 Å². The van der Waals surface area contributed by atoms with Gasteiger partial charge < -0.3 is 14.6 Å². The largest absolute Gasteiger partial charge is 1.00 e. The van der Waals surface area contributed by atoms with Gasteiger partial charge in [0.15, 0.2) is 0 Å². The minimum absolute atomic E-state index is 0. The van der Waals surface area contributed by atoms with E-state index in [2.05, 4.69) is 11.3 Å². The van der Waals surface area contributed by atoms with Gasteiger partial charge in [-0.2, -0.15) is 0 Å². The first-order chi connectivity index (χ1) is 3.68. The molecule has 0 aliphatic heterocycles. The van der Waals surface area contributed by atoms with Gasteiger partial charge in [0.1, 0.15) is 11.7 Å². The Kier molecular flexibility index (Phi) is 8.02. The first-order valence-electron chi connectivity index (χ1n) is 2.21. The number of rotatable bonds is 3. The maximum Gasteiger partial charge on any atom is 1.00 e. The molecule has 0 N–H and O–H groups in total. The Bertz CT molecular complexity index is 111. The van der Waals surface area contributed by atoms with Crippen molar-refractivity contribution >= 4 is 5.97 Å². The first kappa shape index (κ1) is 11.8. The topological polar surface area (TPSA) is 49.4 Å². The van der Waals surface area contributed by atoms with Crippen LogP contribution in [0, 0.1) is 0 Å². The van der Waals surface area contributed by atoms with Crippen molar-refractivity contribution in [2.24, 2.45) is 0 Å². The molecule has 0 amide bonds. The molecule has 0 heterocycles. The van der Waals surface area contributed by atoms with Crippen LogP contribution in [0.3, 0.4) is 0 Å². The van der Waals surface area contributed by atoms with Gasteiger partial charge in [0.2, 0.25) is 0 Å². The van der Waals surface area contributed by atoms with Gasteiger partial charge in [0, 0.05) is 0 Å². The molecule has 0 unspecified atom stereocenters. The molecule has 46 valence electrons. The van der Waals surface area contributed by atoms with Crippen LogP contribution in [0.5, 0.6) is 0 Å². The monoisotopic (exact) mass is 138 g/mol. The van der Waals surface area contributed by atoms with Crippen LogP contribution in [0.1, 0.15) is 6.92 Å². The van der Waals surface area contributed by atoms with Crippen LogP contribution in [0.15, 0.2) is 12.3 Å². The summed E-state index contributed by atoms with van der Waals surface area (Å²) in [5.74, 6) is -1.67. The second-order valence-electron chi connectivity index (χ2n) is 1.14. The van der Waals surface area contributed by atoms with Crippen LogP contribution in [0.2, 0.25) is 0 Å². The summed E-state index contributed by atoms with van der Waals surface area (Å²) in [6.07, 6.45) is 0. The van der Waals surface area contributed by atoms with Crippen molar-refractivity contribution in [1.82, 2.24) is 0 Å². The average Bonchev–Trinajstić information content (AvgIpc) is 1.67. The van der Waals surface area contributed by atoms with Crippen molar-refractivity contribution in [3.05, 3.63) is 12.3 Å². The Balaban J connectivity index is 0. The number of hydrogen-bond donors (Lipinski definition) is 0. The molecule has 0 atom stereocenters. The van der Waals surface area contributed by atoms with Crippen LogP contribution in [-0.4, -0.2) is 12.6 Å². The van der Waals surface area contributed by atoms with Gasteiger partial charge in [-0.3, -0.25) is 0 Å². The molecule has 3 nitrogen and oxygen atoms in total. The molecule has 0 aliphatic rings. The maximum absolute atomic E-state index is 9.75. The molecule has 0 radical (unpaired) electrons. The molecular weight excluding hydrogens is 131 g/mol. The summed E-state index contributed by atoms with van der Waals surface area (Å²) in [7, 11) is 0. The van der Waals surface area contributed by atoms with Crippen LogP contribution < -0.4 is 34.7 Å². The standard InChI is InChI=1S/C5H8O3.Na/c1-3-8-4(2)5(6)7;/h2-3H2,1H3,(H,6,7);/q;+1/p-1. The SMILES string of the molecule is C=C(OCC)C(=O)[O-].[Na+]. The summed E-state index contributed by atoms with van der Waals surface area (Å²) in [5.41, 5.74) is 0. The fraction of sp³-hybridized carbons (Fsp3) is 0.400. The number of ether oxygens (including phenoxy) is 1. The molecule has 0 rings (SSSR count). The molecule has 9 heavy (non-hydrogen) atoms. The second kappa shape index (κ2) is 6.13. The van der Waals surface area contributed by atoms with Gasteiger partial charge in [0.05, 0.1) is 6.61 Å². The van der Waals surface area contributed by atoms with Crippen molar-refractivity contribution in [1.29, 1.82) is 0 Å². The summed E-state index contributed by atoms with van der Waals surface area (Å²) in [6.45, 7) is 5.05. The van der Waals surface area contributed by atoms with E-state index in [1.807, 2.05) is 0 Å². The number of carboxylic acids is 1.